The first kappa shape index (κ1) is 10.2. The molecule has 1 aliphatic heterocycles. The highest BCUT2D eigenvalue weighted by Gasteiger charge is 2.58. The van der Waals surface area contributed by atoms with Crippen LogP contribution in [0.2, 0.25) is 0 Å². The normalized spacial score (nSPS) is 35.8. The predicted octanol–water partition coefficient (Wildman–Crippen LogP) is 0.973. The van der Waals surface area contributed by atoms with E-state index in [-0.39, 0.29) is 5.41 Å². The lowest BCUT2D eigenvalue weighted by molar-refractivity contribution is -0.113. The molecule has 5 heteroatoms. The van der Waals surface area contributed by atoms with Crippen LogP contribution >= 0.6 is 0 Å². The Morgan fingerprint density at radius 3 is 3.19 bits per heavy atom. The average molecular weight is 223 g/mol. The third kappa shape index (κ3) is 1.38. The molecule has 3 unspecified atom stereocenters. The van der Waals surface area contributed by atoms with E-state index in [0.717, 1.165) is 18.9 Å². The summed E-state index contributed by atoms with van der Waals surface area (Å²) in [7, 11) is 0. The van der Waals surface area contributed by atoms with Gasteiger partial charge in [-0.3, -0.25) is 0 Å². The number of hydrogen-bond acceptors (Lipinski definition) is 5. The standard InChI is InChI=1S/C11H17N3O2/c1-11(2)9(7-3-4-15-10(7)11)12-5-8-13-6-16-14-8/h6-7,9-10,12H,3-5H2,1-2H3. The zero-order valence-corrected chi connectivity index (χ0v) is 9.64. The van der Waals surface area contributed by atoms with Crippen molar-refractivity contribution in [3.05, 3.63) is 12.2 Å². The summed E-state index contributed by atoms with van der Waals surface area (Å²) in [6.07, 6.45) is 2.96. The summed E-state index contributed by atoms with van der Waals surface area (Å²) in [6, 6.07) is 0.499. The van der Waals surface area contributed by atoms with Crippen molar-refractivity contribution >= 4 is 0 Å². The van der Waals surface area contributed by atoms with E-state index in [2.05, 4.69) is 29.3 Å². The first-order chi connectivity index (χ1) is 7.69. The predicted molar refractivity (Wildman–Crippen MR) is 56.6 cm³/mol. The van der Waals surface area contributed by atoms with Crippen molar-refractivity contribution in [2.45, 2.75) is 39.0 Å². The topological polar surface area (TPSA) is 60.2 Å². The van der Waals surface area contributed by atoms with Crippen LogP contribution in [0, 0.1) is 11.3 Å². The molecule has 2 aliphatic rings. The molecule has 1 saturated heterocycles. The fraction of sp³-hybridized carbons (Fsp3) is 0.818. The van der Waals surface area contributed by atoms with E-state index in [1.165, 1.54) is 6.39 Å². The van der Waals surface area contributed by atoms with Crippen LogP contribution in [0.25, 0.3) is 0 Å². The third-order valence-corrected chi connectivity index (χ3v) is 3.99. The average Bonchev–Trinajstić information content (AvgIpc) is 2.86. The molecular formula is C11H17N3O2. The summed E-state index contributed by atoms with van der Waals surface area (Å²) >= 11 is 0. The number of ether oxygens (including phenoxy) is 1. The minimum atomic E-state index is 0.213. The second-order valence-corrected chi connectivity index (χ2v) is 5.27. The maximum Gasteiger partial charge on any atom is 0.213 e. The monoisotopic (exact) mass is 223 g/mol. The van der Waals surface area contributed by atoms with E-state index < -0.39 is 0 Å². The van der Waals surface area contributed by atoms with Gasteiger partial charge < -0.3 is 14.6 Å². The van der Waals surface area contributed by atoms with Crippen LogP contribution < -0.4 is 5.32 Å². The Morgan fingerprint density at radius 2 is 2.44 bits per heavy atom. The largest absolute Gasteiger partial charge is 0.377 e. The molecule has 0 amide bonds. The van der Waals surface area contributed by atoms with Crippen LogP contribution in [0.4, 0.5) is 0 Å². The number of nitrogens with one attached hydrogen (secondary N) is 1. The second-order valence-electron chi connectivity index (χ2n) is 5.27. The van der Waals surface area contributed by atoms with Crippen molar-refractivity contribution in [1.82, 2.24) is 15.5 Å². The summed E-state index contributed by atoms with van der Waals surface area (Å²) in [5.41, 5.74) is 0.213. The van der Waals surface area contributed by atoms with Crippen LogP contribution in [0.3, 0.4) is 0 Å². The van der Waals surface area contributed by atoms with E-state index in [1.54, 1.807) is 0 Å². The van der Waals surface area contributed by atoms with Gasteiger partial charge in [0, 0.05) is 24.0 Å². The van der Waals surface area contributed by atoms with Crippen molar-refractivity contribution in [1.29, 1.82) is 0 Å². The zero-order chi connectivity index (χ0) is 11.2. The molecule has 1 aromatic heterocycles. The zero-order valence-electron chi connectivity index (χ0n) is 9.64. The summed E-state index contributed by atoms with van der Waals surface area (Å²) in [4.78, 5) is 4.01. The van der Waals surface area contributed by atoms with Crippen LogP contribution in [0.15, 0.2) is 10.9 Å². The Labute approximate surface area is 94.6 Å². The highest BCUT2D eigenvalue weighted by Crippen LogP contribution is 2.52. The van der Waals surface area contributed by atoms with Crippen LogP contribution in [0.5, 0.6) is 0 Å². The van der Waals surface area contributed by atoms with E-state index in [0.29, 0.717) is 24.6 Å². The molecule has 1 aliphatic carbocycles. The van der Waals surface area contributed by atoms with Gasteiger partial charge in [-0.05, 0) is 6.42 Å². The SMILES string of the molecule is CC1(C)C(NCc2ncon2)C2CCOC21. The lowest BCUT2D eigenvalue weighted by atomic mass is 9.57. The molecule has 0 aromatic carbocycles. The van der Waals surface area contributed by atoms with Gasteiger partial charge in [-0.2, -0.15) is 4.98 Å². The van der Waals surface area contributed by atoms with E-state index in [4.69, 9.17) is 9.26 Å². The summed E-state index contributed by atoms with van der Waals surface area (Å²) in [5, 5.41) is 7.32. The number of aromatic nitrogens is 2. The molecule has 3 rings (SSSR count). The van der Waals surface area contributed by atoms with Crippen molar-refractivity contribution in [3.63, 3.8) is 0 Å². The number of fused-ring (bicyclic) bond motifs is 1. The molecule has 2 heterocycles. The van der Waals surface area contributed by atoms with Gasteiger partial charge in [0.15, 0.2) is 5.82 Å². The molecule has 5 nitrogen and oxygen atoms in total. The quantitative estimate of drug-likeness (QED) is 0.827. The number of nitrogens with zero attached hydrogens (tertiary/aromatic N) is 2. The first-order valence-electron chi connectivity index (χ1n) is 5.80. The molecule has 0 radical (unpaired) electrons. The van der Waals surface area contributed by atoms with Crippen LogP contribution in [0.1, 0.15) is 26.1 Å². The van der Waals surface area contributed by atoms with Gasteiger partial charge in [0.1, 0.15) is 0 Å². The summed E-state index contributed by atoms with van der Waals surface area (Å²) in [5.74, 6) is 1.38. The lowest BCUT2D eigenvalue weighted by Crippen LogP contribution is -2.65. The van der Waals surface area contributed by atoms with Crippen molar-refractivity contribution in [2.75, 3.05) is 6.61 Å². The van der Waals surface area contributed by atoms with E-state index in [9.17, 15) is 0 Å². The third-order valence-electron chi connectivity index (χ3n) is 3.99. The molecule has 1 aromatic rings. The van der Waals surface area contributed by atoms with Gasteiger partial charge in [0.25, 0.3) is 0 Å². The van der Waals surface area contributed by atoms with Gasteiger partial charge in [-0.15, -0.1) is 0 Å². The number of rotatable bonds is 3. The van der Waals surface area contributed by atoms with Crippen molar-refractivity contribution < 1.29 is 9.26 Å². The molecule has 3 atom stereocenters. The fourth-order valence-electron chi connectivity index (χ4n) is 3.21. The molecule has 0 spiro atoms. The molecule has 16 heavy (non-hydrogen) atoms. The van der Waals surface area contributed by atoms with Crippen molar-refractivity contribution in [2.24, 2.45) is 11.3 Å². The minimum Gasteiger partial charge on any atom is -0.377 e. The maximum atomic E-state index is 5.74. The lowest BCUT2D eigenvalue weighted by Gasteiger charge is -2.54. The molecule has 2 fully saturated rings. The summed E-state index contributed by atoms with van der Waals surface area (Å²) < 4.78 is 10.5. The highest BCUT2D eigenvalue weighted by atomic mass is 16.5. The number of hydrogen-bond donors (Lipinski definition) is 1. The first-order valence-corrected chi connectivity index (χ1v) is 5.80. The van der Waals surface area contributed by atoms with Crippen molar-refractivity contribution in [3.8, 4) is 0 Å². The van der Waals surface area contributed by atoms with Gasteiger partial charge in [-0.1, -0.05) is 19.0 Å². The van der Waals surface area contributed by atoms with Gasteiger partial charge >= 0.3 is 0 Å². The smallest absolute Gasteiger partial charge is 0.213 e. The second kappa shape index (κ2) is 3.53. The molecule has 1 N–H and O–H groups in total. The molecule has 88 valence electrons. The van der Waals surface area contributed by atoms with E-state index >= 15 is 0 Å². The summed E-state index contributed by atoms with van der Waals surface area (Å²) in [6.45, 7) is 6.09. The Balaban J connectivity index is 1.63. The minimum absolute atomic E-state index is 0.213. The Morgan fingerprint density at radius 1 is 1.56 bits per heavy atom. The Hall–Kier alpha value is -0.940. The fourth-order valence-corrected chi connectivity index (χ4v) is 3.21. The Bertz CT molecular complexity index is 363. The van der Waals surface area contributed by atoms with Crippen LogP contribution in [-0.2, 0) is 11.3 Å². The molecule has 1 saturated carbocycles. The van der Waals surface area contributed by atoms with Crippen LogP contribution in [-0.4, -0.2) is 28.9 Å². The Kier molecular flexibility index (Phi) is 2.26. The maximum absolute atomic E-state index is 5.74. The highest BCUT2D eigenvalue weighted by molar-refractivity contribution is 5.11. The molecule has 0 bridgehead atoms. The van der Waals surface area contributed by atoms with Gasteiger partial charge in [-0.25, -0.2) is 0 Å². The van der Waals surface area contributed by atoms with Gasteiger partial charge in [0.05, 0.1) is 12.6 Å². The molecular weight excluding hydrogens is 206 g/mol. The van der Waals surface area contributed by atoms with Gasteiger partial charge in [0.2, 0.25) is 6.39 Å². The van der Waals surface area contributed by atoms with E-state index in [1.807, 2.05) is 0 Å².